The van der Waals surface area contributed by atoms with Gasteiger partial charge in [0.1, 0.15) is 5.69 Å². The Morgan fingerprint density at radius 3 is 2.67 bits per heavy atom. The maximum Gasteiger partial charge on any atom is 0.433 e. The quantitative estimate of drug-likeness (QED) is 0.779. The maximum absolute atomic E-state index is 12.6. The summed E-state index contributed by atoms with van der Waals surface area (Å²) in [5.74, 6) is 0. The number of aliphatic hydroxyl groups excluding tert-OH is 1. The second kappa shape index (κ2) is 7.80. The van der Waals surface area contributed by atoms with Gasteiger partial charge in [-0.1, -0.05) is 0 Å². The number of alkyl halides is 3. The van der Waals surface area contributed by atoms with Crippen molar-refractivity contribution in [2.45, 2.75) is 32.0 Å². The Balaban J connectivity index is 1.77. The molecule has 2 heterocycles. The highest BCUT2D eigenvalue weighted by Gasteiger charge is 2.34. The molecule has 0 radical (unpaired) electrons. The number of carbonyl (C=O) groups excluding carboxylic acids is 1. The van der Waals surface area contributed by atoms with Crippen molar-refractivity contribution in [3.8, 4) is 0 Å². The predicted octanol–water partition coefficient (Wildman–Crippen LogP) is 1.99. The molecule has 1 aromatic heterocycles. The lowest BCUT2D eigenvalue weighted by Gasteiger charge is -2.29. The van der Waals surface area contributed by atoms with Gasteiger partial charge in [-0.3, -0.25) is 0 Å². The van der Waals surface area contributed by atoms with Gasteiger partial charge in [0.2, 0.25) is 0 Å². The molecule has 0 atom stereocenters. The Morgan fingerprint density at radius 1 is 1.42 bits per heavy atom. The summed E-state index contributed by atoms with van der Waals surface area (Å²) in [6, 6.07) is 0.745. The number of nitrogens with zero attached hydrogens (tertiary/aromatic N) is 2. The van der Waals surface area contributed by atoms with E-state index in [9.17, 15) is 23.1 Å². The van der Waals surface area contributed by atoms with Gasteiger partial charge >= 0.3 is 12.2 Å². The van der Waals surface area contributed by atoms with Crippen molar-refractivity contribution in [2.75, 3.05) is 31.5 Å². The van der Waals surface area contributed by atoms with Crippen LogP contribution in [-0.2, 0) is 6.18 Å². The monoisotopic (exact) mass is 346 g/mol. The highest BCUT2D eigenvalue weighted by atomic mass is 19.4. The number of carbonyl (C=O) groups is 1. The number of anilines is 1. The number of piperidine rings is 1. The molecule has 3 N–H and O–H groups in total. The summed E-state index contributed by atoms with van der Waals surface area (Å²) in [4.78, 5) is 17.3. The first kappa shape index (κ1) is 18.5. The van der Waals surface area contributed by atoms with E-state index in [1.807, 2.05) is 0 Å². The van der Waals surface area contributed by atoms with Crippen LogP contribution >= 0.6 is 0 Å². The Bertz CT molecular complexity index is 572. The summed E-state index contributed by atoms with van der Waals surface area (Å²) in [5.41, 5.74) is -0.799. The Labute approximate surface area is 138 Å². The van der Waals surface area contributed by atoms with Gasteiger partial charge in [0.25, 0.3) is 0 Å². The predicted molar refractivity (Wildman–Crippen MR) is 82.7 cm³/mol. The average Bonchev–Trinajstić information content (AvgIpc) is 2.48. The van der Waals surface area contributed by atoms with E-state index in [1.165, 1.54) is 13.0 Å². The fraction of sp³-hybridized carbons (Fsp3) is 0.600. The van der Waals surface area contributed by atoms with Crippen LogP contribution in [0.3, 0.4) is 0 Å². The van der Waals surface area contributed by atoms with Gasteiger partial charge < -0.3 is 20.6 Å². The topological polar surface area (TPSA) is 77.5 Å². The first-order valence-corrected chi connectivity index (χ1v) is 7.75. The largest absolute Gasteiger partial charge is 0.433 e. The lowest BCUT2D eigenvalue weighted by atomic mass is 10.1. The molecule has 1 aliphatic heterocycles. The standard InChI is InChI=1S/C15H21F3N4O2/c1-10-8-11(9-20-13(10)15(16,17)18)21-14(24)19-4-7-22-5-2-12(23)3-6-22/h8-9,12,23H,2-7H2,1H3,(H2,19,21,24). The molecular weight excluding hydrogens is 325 g/mol. The molecule has 0 aromatic carbocycles. The highest BCUT2D eigenvalue weighted by Crippen LogP contribution is 2.30. The van der Waals surface area contributed by atoms with Crippen molar-refractivity contribution < 1.29 is 23.1 Å². The third-order valence-electron chi connectivity index (χ3n) is 3.88. The molecule has 0 saturated carbocycles. The molecule has 0 spiro atoms. The van der Waals surface area contributed by atoms with Crippen molar-refractivity contribution in [1.29, 1.82) is 0 Å². The number of aromatic nitrogens is 1. The third-order valence-corrected chi connectivity index (χ3v) is 3.88. The van der Waals surface area contributed by atoms with Crippen molar-refractivity contribution >= 4 is 11.7 Å². The fourth-order valence-corrected chi connectivity index (χ4v) is 2.59. The van der Waals surface area contributed by atoms with E-state index < -0.39 is 17.9 Å². The highest BCUT2D eigenvalue weighted by molar-refractivity contribution is 5.89. The van der Waals surface area contributed by atoms with Crippen LogP contribution in [0, 0.1) is 6.92 Å². The molecule has 1 aliphatic rings. The lowest BCUT2D eigenvalue weighted by Crippen LogP contribution is -2.41. The fourth-order valence-electron chi connectivity index (χ4n) is 2.59. The number of halogens is 3. The zero-order valence-electron chi connectivity index (χ0n) is 13.4. The molecule has 1 fully saturated rings. The zero-order valence-corrected chi connectivity index (χ0v) is 13.4. The van der Waals surface area contributed by atoms with Crippen molar-refractivity contribution in [3.05, 3.63) is 23.5 Å². The summed E-state index contributed by atoms with van der Waals surface area (Å²) >= 11 is 0. The van der Waals surface area contributed by atoms with Crippen molar-refractivity contribution in [1.82, 2.24) is 15.2 Å². The van der Waals surface area contributed by atoms with Crippen LogP contribution in [0.2, 0.25) is 0 Å². The SMILES string of the molecule is Cc1cc(NC(=O)NCCN2CCC(O)CC2)cnc1C(F)(F)F. The number of aliphatic hydroxyl groups is 1. The van der Waals surface area contributed by atoms with Gasteiger partial charge in [-0.2, -0.15) is 13.2 Å². The van der Waals surface area contributed by atoms with Gasteiger partial charge in [-0.25, -0.2) is 9.78 Å². The van der Waals surface area contributed by atoms with E-state index in [0.717, 1.165) is 32.1 Å². The summed E-state index contributed by atoms with van der Waals surface area (Å²) < 4.78 is 37.9. The molecule has 0 unspecified atom stereocenters. The molecular formula is C15H21F3N4O2. The van der Waals surface area contributed by atoms with Crippen LogP contribution in [0.5, 0.6) is 0 Å². The number of likely N-dealkylation sites (tertiary alicyclic amines) is 1. The molecule has 6 nitrogen and oxygen atoms in total. The third kappa shape index (κ3) is 5.34. The van der Waals surface area contributed by atoms with Gasteiger partial charge in [0.05, 0.1) is 18.0 Å². The molecule has 24 heavy (non-hydrogen) atoms. The number of aryl methyl sites for hydroxylation is 1. The van der Waals surface area contributed by atoms with Crippen molar-refractivity contribution in [2.24, 2.45) is 0 Å². The van der Waals surface area contributed by atoms with Gasteiger partial charge in [0.15, 0.2) is 0 Å². The number of hydrogen-bond donors (Lipinski definition) is 3. The van der Waals surface area contributed by atoms with Crippen LogP contribution in [0.15, 0.2) is 12.3 Å². The first-order valence-electron chi connectivity index (χ1n) is 7.75. The normalized spacial score (nSPS) is 16.9. The second-order valence-electron chi connectivity index (χ2n) is 5.84. The van der Waals surface area contributed by atoms with Gasteiger partial charge in [0, 0.05) is 26.2 Å². The lowest BCUT2D eigenvalue weighted by molar-refractivity contribution is -0.141. The van der Waals surface area contributed by atoms with E-state index in [0.29, 0.717) is 13.1 Å². The summed E-state index contributed by atoms with van der Waals surface area (Å²) in [6.07, 6.45) is -2.31. The molecule has 1 aromatic rings. The summed E-state index contributed by atoms with van der Waals surface area (Å²) in [5, 5.41) is 14.5. The smallest absolute Gasteiger partial charge is 0.393 e. The number of nitrogens with one attached hydrogen (secondary N) is 2. The van der Waals surface area contributed by atoms with E-state index in [1.54, 1.807) is 0 Å². The van der Waals surface area contributed by atoms with Gasteiger partial charge in [-0.05, 0) is 31.4 Å². The number of pyridine rings is 1. The summed E-state index contributed by atoms with van der Waals surface area (Å²) in [7, 11) is 0. The summed E-state index contributed by atoms with van der Waals surface area (Å²) in [6.45, 7) is 3.93. The first-order chi connectivity index (χ1) is 11.3. The number of hydrogen-bond acceptors (Lipinski definition) is 4. The number of rotatable bonds is 4. The maximum atomic E-state index is 12.6. The minimum absolute atomic E-state index is 0.0489. The number of urea groups is 1. The van der Waals surface area contributed by atoms with Gasteiger partial charge in [-0.15, -0.1) is 0 Å². The Hall–Kier alpha value is -1.87. The Morgan fingerprint density at radius 2 is 2.08 bits per heavy atom. The van der Waals surface area contributed by atoms with Crippen LogP contribution < -0.4 is 10.6 Å². The number of amides is 2. The minimum Gasteiger partial charge on any atom is -0.393 e. The van der Waals surface area contributed by atoms with Crippen LogP contribution in [0.4, 0.5) is 23.7 Å². The minimum atomic E-state index is -4.51. The zero-order chi connectivity index (χ0) is 17.7. The van der Waals surface area contributed by atoms with E-state index in [-0.39, 0.29) is 17.4 Å². The van der Waals surface area contributed by atoms with Crippen LogP contribution in [0.1, 0.15) is 24.1 Å². The molecule has 134 valence electrons. The second-order valence-corrected chi connectivity index (χ2v) is 5.84. The van der Waals surface area contributed by atoms with Crippen LogP contribution in [0.25, 0.3) is 0 Å². The molecule has 2 rings (SSSR count). The molecule has 1 saturated heterocycles. The van der Waals surface area contributed by atoms with Crippen molar-refractivity contribution in [3.63, 3.8) is 0 Å². The average molecular weight is 346 g/mol. The molecule has 0 bridgehead atoms. The molecule has 0 aliphatic carbocycles. The molecule has 9 heteroatoms. The van der Waals surface area contributed by atoms with Crippen LogP contribution in [-0.4, -0.2) is 53.3 Å². The molecule has 2 amide bonds. The van der Waals surface area contributed by atoms with E-state index in [4.69, 9.17) is 0 Å². The van der Waals surface area contributed by atoms with E-state index >= 15 is 0 Å². The van der Waals surface area contributed by atoms with E-state index in [2.05, 4.69) is 20.5 Å². The Kier molecular flexibility index (Phi) is 6.00.